The van der Waals surface area contributed by atoms with E-state index in [2.05, 4.69) is 67.8 Å². The second-order valence-corrected chi connectivity index (χ2v) is 21.4. The van der Waals surface area contributed by atoms with Gasteiger partial charge in [-0.05, 0) is 96.3 Å². The molecule has 2 unspecified atom stereocenters. The molecule has 71 heavy (non-hydrogen) atoms. The lowest BCUT2D eigenvalue weighted by molar-refractivity contribution is -0.143. The fourth-order valence-electron chi connectivity index (χ4n) is 9.52. The Morgan fingerprint density at radius 1 is 0.394 bits per heavy atom. The van der Waals surface area contributed by atoms with Crippen molar-refractivity contribution in [2.75, 3.05) is 13.2 Å². The van der Waals surface area contributed by atoms with Crippen molar-refractivity contribution in [1.29, 1.82) is 0 Å². The molecule has 0 saturated carbocycles. The van der Waals surface area contributed by atoms with E-state index in [-0.39, 0.29) is 18.5 Å². The minimum Gasteiger partial charge on any atom is -0.466 e. The molecule has 0 aliphatic heterocycles. The van der Waals surface area contributed by atoms with Crippen LogP contribution in [-0.2, 0) is 14.3 Å². The third-order valence-corrected chi connectivity index (χ3v) is 14.4. The number of carbonyl (C=O) groups is 2. The van der Waals surface area contributed by atoms with Gasteiger partial charge in [0, 0.05) is 12.8 Å². The molecule has 0 rings (SSSR count). The summed E-state index contributed by atoms with van der Waals surface area (Å²) < 4.78 is 5.45. The first-order chi connectivity index (χ1) is 35.0. The first-order valence-corrected chi connectivity index (χ1v) is 31.4. The van der Waals surface area contributed by atoms with Gasteiger partial charge in [-0.3, -0.25) is 9.59 Å². The van der Waals surface area contributed by atoms with Crippen molar-refractivity contribution in [2.24, 2.45) is 0 Å². The zero-order valence-corrected chi connectivity index (χ0v) is 47.5. The fourth-order valence-corrected chi connectivity index (χ4v) is 9.52. The zero-order chi connectivity index (χ0) is 51.4. The first kappa shape index (κ1) is 68.8. The van der Waals surface area contributed by atoms with Crippen molar-refractivity contribution in [3.63, 3.8) is 0 Å². The monoisotopic (exact) mass is 996 g/mol. The number of unbranched alkanes of at least 4 members (excludes halogenated alkanes) is 39. The third-order valence-electron chi connectivity index (χ3n) is 14.4. The number of ether oxygens (including phenoxy) is 1. The highest BCUT2D eigenvalue weighted by atomic mass is 16.5. The summed E-state index contributed by atoms with van der Waals surface area (Å²) in [5, 5.41) is 23.4. The lowest BCUT2D eigenvalue weighted by atomic mass is 10.0. The molecule has 2 atom stereocenters. The Morgan fingerprint density at radius 2 is 0.704 bits per heavy atom. The van der Waals surface area contributed by atoms with Crippen molar-refractivity contribution in [2.45, 2.75) is 341 Å². The Morgan fingerprint density at radius 3 is 1.10 bits per heavy atom. The second kappa shape index (κ2) is 60.4. The molecule has 0 aliphatic rings. The van der Waals surface area contributed by atoms with Crippen LogP contribution in [0.4, 0.5) is 0 Å². The number of nitrogens with one attached hydrogen (secondary N) is 1. The summed E-state index contributed by atoms with van der Waals surface area (Å²) in [7, 11) is 0. The molecule has 1 amide bonds. The summed E-state index contributed by atoms with van der Waals surface area (Å²) in [6.45, 7) is 4.89. The predicted octanol–water partition coefficient (Wildman–Crippen LogP) is 19.7. The van der Waals surface area contributed by atoms with Gasteiger partial charge < -0.3 is 20.3 Å². The van der Waals surface area contributed by atoms with Gasteiger partial charge in [-0.15, -0.1) is 0 Å². The predicted molar refractivity (Wildman–Crippen MR) is 310 cm³/mol. The van der Waals surface area contributed by atoms with Gasteiger partial charge in [0.05, 0.1) is 25.4 Å². The molecular weight excluding hydrogens is 875 g/mol. The first-order valence-electron chi connectivity index (χ1n) is 31.4. The van der Waals surface area contributed by atoms with Gasteiger partial charge in [-0.25, -0.2) is 0 Å². The zero-order valence-electron chi connectivity index (χ0n) is 47.5. The minimum absolute atomic E-state index is 0.0293. The summed E-state index contributed by atoms with van der Waals surface area (Å²) in [4.78, 5) is 24.6. The lowest BCUT2D eigenvalue weighted by Crippen LogP contribution is -2.45. The fraction of sp³-hybridized carbons (Fsp3) is 0.846. The molecule has 0 aliphatic carbocycles. The summed E-state index contributed by atoms with van der Waals surface area (Å²) in [6, 6.07) is -0.556. The van der Waals surface area contributed by atoms with Crippen LogP contribution in [0.25, 0.3) is 0 Å². The molecule has 3 N–H and O–H groups in total. The smallest absolute Gasteiger partial charge is 0.305 e. The highest BCUT2D eigenvalue weighted by Gasteiger charge is 2.20. The number of amides is 1. The number of hydrogen-bond acceptors (Lipinski definition) is 5. The Balaban J connectivity index is 3.50. The second-order valence-electron chi connectivity index (χ2n) is 21.4. The molecule has 0 aromatic rings. The summed E-state index contributed by atoms with van der Waals surface area (Å²) in [6.07, 6.45) is 76.9. The van der Waals surface area contributed by atoms with Crippen molar-refractivity contribution < 1.29 is 24.5 Å². The highest BCUT2D eigenvalue weighted by molar-refractivity contribution is 5.76. The maximum atomic E-state index is 12.5. The lowest BCUT2D eigenvalue weighted by Gasteiger charge is -2.22. The van der Waals surface area contributed by atoms with E-state index >= 15 is 0 Å². The quantitative estimate of drug-likeness (QED) is 0.0321. The topological polar surface area (TPSA) is 95.9 Å². The standard InChI is InChI=1S/C65H121NO5/c1-3-5-7-9-11-13-15-17-19-20-21-22-23-24-26-30-33-37-41-45-49-53-57-63(68)62(61-67)66-64(69)58-54-50-46-42-38-34-31-27-25-28-32-36-40-44-48-52-56-60-71-65(70)59-55-51-47-43-39-35-29-18-16-14-12-10-8-6-4-2/h12,14,18,25,28-29,36,40,62-63,67-68H,3-11,13,15-17,19-24,26-27,30-35,37-39,41-61H2,1-2H3,(H,66,69)/b14-12-,28-25-,29-18-,40-36-. The van der Waals surface area contributed by atoms with Crippen molar-refractivity contribution in [1.82, 2.24) is 5.32 Å². The highest BCUT2D eigenvalue weighted by Crippen LogP contribution is 2.17. The number of hydrogen-bond donors (Lipinski definition) is 3. The van der Waals surface area contributed by atoms with Crippen LogP contribution < -0.4 is 5.32 Å². The van der Waals surface area contributed by atoms with Crippen LogP contribution in [0.2, 0.25) is 0 Å². The number of rotatable bonds is 58. The molecule has 6 heteroatoms. The van der Waals surface area contributed by atoms with E-state index in [1.807, 2.05) is 0 Å². The SMILES string of the molecule is CCCCC/C=C\C/C=C\CCCCCCCC(=O)OCCCCC/C=C\C/C=C\CCCCCCCCCC(=O)NC(CO)C(O)CCCCCCCCCCCCCCCCCCCCCCCC. The maximum Gasteiger partial charge on any atom is 0.305 e. The molecule has 0 bridgehead atoms. The number of carbonyl (C=O) groups excluding carboxylic acids is 2. The van der Waals surface area contributed by atoms with Crippen molar-refractivity contribution in [3.05, 3.63) is 48.6 Å². The molecular formula is C65H121NO5. The van der Waals surface area contributed by atoms with Crippen molar-refractivity contribution >= 4 is 11.9 Å². The number of aliphatic hydroxyl groups excluding tert-OH is 2. The van der Waals surface area contributed by atoms with Crippen LogP contribution in [0.1, 0.15) is 328 Å². The van der Waals surface area contributed by atoms with Crippen LogP contribution in [0.5, 0.6) is 0 Å². The summed E-state index contributed by atoms with van der Waals surface area (Å²) >= 11 is 0. The molecule has 0 aromatic carbocycles. The molecule has 6 nitrogen and oxygen atoms in total. The van der Waals surface area contributed by atoms with Gasteiger partial charge in [0.1, 0.15) is 0 Å². The van der Waals surface area contributed by atoms with Gasteiger partial charge in [0.25, 0.3) is 0 Å². The Bertz CT molecular complexity index is 1190. The average Bonchev–Trinajstić information content (AvgIpc) is 3.37. The van der Waals surface area contributed by atoms with Crippen molar-refractivity contribution in [3.8, 4) is 0 Å². The van der Waals surface area contributed by atoms with E-state index in [0.717, 1.165) is 96.3 Å². The molecule has 0 spiro atoms. The summed E-state index contributed by atoms with van der Waals surface area (Å²) in [5.41, 5.74) is 0. The summed E-state index contributed by atoms with van der Waals surface area (Å²) in [5.74, 6) is -0.0787. The molecule has 0 aromatic heterocycles. The van der Waals surface area contributed by atoms with Crippen LogP contribution in [0.3, 0.4) is 0 Å². The van der Waals surface area contributed by atoms with Gasteiger partial charge in [0.15, 0.2) is 0 Å². The van der Waals surface area contributed by atoms with Gasteiger partial charge in [-0.1, -0.05) is 268 Å². The number of esters is 1. The van der Waals surface area contributed by atoms with E-state index in [9.17, 15) is 19.8 Å². The third kappa shape index (κ3) is 57.0. The van der Waals surface area contributed by atoms with E-state index in [0.29, 0.717) is 25.9 Å². The van der Waals surface area contributed by atoms with Crippen LogP contribution in [0, 0.1) is 0 Å². The van der Waals surface area contributed by atoms with E-state index < -0.39 is 12.1 Å². The molecule has 0 heterocycles. The molecule has 0 fully saturated rings. The number of aliphatic hydroxyl groups is 2. The van der Waals surface area contributed by atoms with Gasteiger partial charge in [0.2, 0.25) is 5.91 Å². The average molecular weight is 997 g/mol. The minimum atomic E-state index is -0.677. The number of allylic oxidation sites excluding steroid dienone is 8. The van der Waals surface area contributed by atoms with Crippen LogP contribution >= 0.6 is 0 Å². The van der Waals surface area contributed by atoms with Crippen LogP contribution in [-0.4, -0.2) is 47.4 Å². The van der Waals surface area contributed by atoms with E-state index in [1.165, 1.54) is 199 Å². The molecule has 0 radical (unpaired) electrons. The molecule has 416 valence electrons. The Kier molecular flexibility index (Phi) is 58.5. The molecule has 0 saturated heterocycles. The van der Waals surface area contributed by atoms with Crippen LogP contribution in [0.15, 0.2) is 48.6 Å². The van der Waals surface area contributed by atoms with Gasteiger partial charge in [-0.2, -0.15) is 0 Å². The normalized spacial score (nSPS) is 12.9. The Hall–Kier alpha value is -2.18. The van der Waals surface area contributed by atoms with E-state index in [4.69, 9.17) is 4.74 Å². The van der Waals surface area contributed by atoms with E-state index in [1.54, 1.807) is 0 Å². The largest absolute Gasteiger partial charge is 0.466 e. The Labute approximate surface area is 442 Å². The van der Waals surface area contributed by atoms with Gasteiger partial charge >= 0.3 is 5.97 Å². The maximum absolute atomic E-state index is 12.5.